The summed E-state index contributed by atoms with van der Waals surface area (Å²) in [7, 11) is 0. The van der Waals surface area contributed by atoms with Gasteiger partial charge in [-0.05, 0) is 49.1 Å². The maximum Gasteiger partial charge on any atom is 0.326 e. The Morgan fingerprint density at radius 3 is 1.67 bits per heavy atom. The van der Waals surface area contributed by atoms with Crippen LogP contribution in [0, 0.1) is 0 Å². The number of H-pyrrole nitrogens is 2. The summed E-state index contributed by atoms with van der Waals surface area (Å²) in [6, 6.07) is 9.91. The van der Waals surface area contributed by atoms with Gasteiger partial charge in [0.1, 0.15) is 18.1 Å². The summed E-state index contributed by atoms with van der Waals surface area (Å²) in [4.78, 5) is 70.2. The minimum Gasteiger partial charge on any atom is -0.480 e. The van der Waals surface area contributed by atoms with Crippen LogP contribution in [0.1, 0.15) is 36.8 Å². The Morgan fingerprint density at radius 2 is 1.20 bits per heavy atom. The summed E-state index contributed by atoms with van der Waals surface area (Å²) in [6.45, 7) is 0.381. The molecule has 4 aromatic rings. The quantitative estimate of drug-likeness (QED) is 0.0731. The largest absolute Gasteiger partial charge is 0.480 e. The monoisotopic (exact) mass is 632 g/mol. The van der Waals surface area contributed by atoms with Crippen molar-refractivity contribution in [2.75, 3.05) is 6.54 Å². The third-order valence-electron chi connectivity index (χ3n) is 7.78. The molecule has 14 heteroatoms. The van der Waals surface area contributed by atoms with Crippen LogP contribution in [0.2, 0.25) is 0 Å². The van der Waals surface area contributed by atoms with E-state index in [0.29, 0.717) is 30.5 Å². The lowest BCUT2D eigenvalue weighted by atomic mass is 10.0. The number of carboxylic acids is 1. The summed E-state index contributed by atoms with van der Waals surface area (Å²) in [5.74, 6) is -4.19. The molecule has 0 fully saturated rings. The van der Waals surface area contributed by atoms with E-state index >= 15 is 0 Å². The first-order valence-electron chi connectivity index (χ1n) is 15.0. The number of nitrogens with two attached hydrogens (primary N) is 3. The molecular formula is C32H40N8O6. The fourth-order valence-electron chi connectivity index (χ4n) is 5.34. The third kappa shape index (κ3) is 8.70. The Hall–Kier alpha value is -5.21. The molecule has 0 aliphatic heterocycles. The van der Waals surface area contributed by atoms with E-state index in [4.69, 9.17) is 17.2 Å². The highest BCUT2D eigenvalue weighted by Gasteiger charge is 2.31. The number of rotatable bonds is 17. The zero-order valence-electron chi connectivity index (χ0n) is 25.3. The van der Waals surface area contributed by atoms with E-state index < -0.39 is 60.2 Å². The Kier molecular flexibility index (Phi) is 11.5. The molecule has 12 N–H and O–H groups in total. The Bertz CT molecular complexity index is 1700. The second-order valence-corrected chi connectivity index (χ2v) is 11.2. The van der Waals surface area contributed by atoms with Gasteiger partial charge in [0.05, 0.1) is 12.5 Å². The number of primary amides is 1. The molecule has 0 bridgehead atoms. The Morgan fingerprint density at radius 1 is 0.717 bits per heavy atom. The van der Waals surface area contributed by atoms with E-state index in [9.17, 15) is 29.1 Å². The standard InChI is InChI=1S/C32H40N8O6/c33-12-6-5-11-25(32(45)46)38-30(43)27(14-19-17-37-24-10-4-2-8-21(19)24)40-31(44)26(39-29(42)22(34)15-28(35)41)13-18-16-36-23-9-3-1-7-20(18)23/h1-4,7-10,16-17,22,25-27,36-37H,5-6,11-15,33-34H2,(H2,35,41)(H,38,43)(H,39,42)(H,40,44)(H,45,46). The van der Waals surface area contributed by atoms with Crippen molar-refractivity contribution in [3.8, 4) is 0 Å². The van der Waals surface area contributed by atoms with Crippen molar-refractivity contribution in [2.24, 2.45) is 17.2 Å². The van der Waals surface area contributed by atoms with Gasteiger partial charge in [0.15, 0.2) is 0 Å². The first-order valence-corrected chi connectivity index (χ1v) is 15.0. The summed E-state index contributed by atoms with van der Waals surface area (Å²) < 4.78 is 0. The second-order valence-electron chi connectivity index (χ2n) is 11.2. The lowest BCUT2D eigenvalue weighted by Gasteiger charge is -2.25. The molecule has 0 aliphatic rings. The molecule has 244 valence electrons. The van der Waals surface area contributed by atoms with E-state index in [2.05, 4.69) is 25.9 Å². The molecule has 0 radical (unpaired) electrons. The highest BCUT2D eigenvalue weighted by Crippen LogP contribution is 2.21. The molecule has 4 atom stereocenters. The lowest BCUT2D eigenvalue weighted by molar-refractivity contribution is -0.142. The van der Waals surface area contributed by atoms with Crippen LogP contribution < -0.4 is 33.2 Å². The molecule has 0 saturated carbocycles. The minimum absolute atomic E-state index is 0.0170. The first kappa shape index (κ1) is 33.7. The van der Waals surface area contributed by atoms with Gasteiger partial charge >= 0.3 is 5.97 Å². The number of aliphatic carboxylic acids is 1. The number of hydrogen-bond acceptors (Lipinski definition) is 7. The molecule has 2 aromatic heterocycles. The van der Waals surface area contributed by atoms with E-state index in [1.165, 1.54) is 0 Å². The Labute approximate surface area is 264 Å². The fourth-order valence-corrected chi connectivity index (χ4v) is 5.34. The number of nitrogens with one attached hydrogen (secondary N) is 5. The predicted octanol–water partition coefficient (Wildman–Crippen LogP) is 0.305. The van der Waals surface area contributed by atoms with E-state index in [1.54, 1.807) is 12.4 Å². The van der Waals surface area contributed by atoms with Gasteiger partial charge in [-0.2, -0.15) is 0 Å². The number of hydrogen-bond donors (Lipinski definition) is 9. The van der Waals surface area contributed by atoms with E-state index in [-0.39, 0.29) is 19.3 Å². The van der Waals surface area contributed by atoms with Crippen LogP contribution in [0.15, 0.2) is 60.9 Å². The molecule has 2 heterocycles. The van der Waals surface area contributed by atoms with Crippen molar-refractivity contribution in [1.82, 2.24) is 25.9 Å². The topological polar surface area (TPSA) is 251 Å². The van der Waals surface area contributed by atoms with Gasteiger partial charge in [-0.15, -0.1) is 0 Å². The van der Waals surface area contributed by atoms with Crippen LogP contribution >= 0.6 is 0 Å². The third-order valence-corrected chi connectivity index (χ3v) is 7.78. The van der Waals surface area contributed by atoms with Crippen LogP contribution in [0.3, 0.4) is 0 Å². The predicted molar refractivity (Wildman–Crippen MR) is 172 cm³/mol. The minimum atomic E-state index is -1.30. The number of fused-ring (bicyclic) bond motifs is 2. The molecule has 0 saturated heterocycles. The number of aromatic amines is 2. The number of carbonyl (C=O) groups excluding carboxylic acids is 4. The number of benzene rings is 2. The lowest BCUT2D eigenvalue weighted by Crippen LogP contribution is -2.58. The molecule has 4 rings (SSSR count). The fraction of sp³-hybridized carbons (Fsp3) is 0.344. The number of aromatic nitrogens is 2. The number of amides is 4. The van der Waals surface area contributed by atoms with Gasteiger partial charge in [-0.3, -0.25) is 19.2 Å². The summed E-state index contributed by atoms with van der Waals surface area (Å²) >= 11 is 0. The zero-order chi connectivity index (χ0) is 33.2. The number of carbonyl (C=O) groups is 5. The van der Waals surface area contributed by atoms with Crippen molar-refractivity contribution in [2.45, 2.75) is 62.7 Å². The van der Waals surface area contributed by atoms with E-state index in [1.807, 2.05) is 48.5 Å². The SMILES string of the molecule is NCCCCC(NC(=O)C(Cc1c[nH]c2ccccc12)NC(=O)C(Cc1c[nH]c2ccccc12)NC(=O)C(N)CC(N)=O)C(=O)O. The maximum atomic E-state index is 13.9. The first-order chi connectivity index (χ1) is 22.1. The number of carboxylic acid groups (broad SMARTS) is 1. The Balaban J connectivity index is 1.63. The van der Waals surface area contributed by atoms with Crippen LogP contribution in [0.5, 0.6) is 0 Å². The van der Waals surface area contributed by atoms with Gasteiger partial charge in [-0.25, -0.2) is 4.79 Å². The van der Waals surface area contributed by atoms with Crippen molar-refractivity contribution in [1.29, 1.82) is 0 Å². The van der Waals surface area contributed by atoms with E-state index in [0.717, 1.165) is 21.8 Å². The molecular weight excluding hydrogens is 592 g/mol. The van der Waals surface area contributed by atoms with Crippen LogP contribution in [0.4, 0.5) is 0 Å². The van der Waals surface area contributed by atoms with Crippen LogP contribution in [0.25, 0.3) is 21.8 Å². The molecule has 0 aliphatic carbocycles. The average molecular weight is 633 g/mol. The smallest absolute Gasteiger partial charge is 0.326 e. The van der Waals surface area contributed by atoms with Gasteiger partial charge < -0.3 is 48.2 Å². The molecule has 4 amide bonds. The maximum absolute atomic E-state index is 13.9. The molecule has 4 unspecified atom stereocenters. The molecule has 2 aromatic carbocycles. The van der Waals surface area contributed by atoms with Crippen molar-refractivity contribution in [3.05, 3.63) is 72.1 Å². The van der Waals surface area contributed by atoms with Crippen LogP contribution in [-0.4, -0.2) is 75.4 Å². The van der Waals surface area contributed by atoms with Gasteiger partial charge in [0.2, 0.25) is 23.6 Å². The van der Waals surface area contributed by atoms with Gasteiger partial charge in [0, 0.05) is 47.0 Å². The highest BCUT2D eigenvalue weighted by atomic mass is 16.4. The van der Waals surface area contributed by atoms with Crippen molar-refractivity contribution < 1.29 is 29.1 Å². The zero-order valence-corrected chi connectivity index (χ0v) is 25.3. The number of unbranched alkanes of at least 4 members (excludes halogenated alkanes) is 1. The summed E-state index contributed by atoms with van der Waals surface area (Å²) in [5, 5.41) is 19.3. The normalized spacial score (nSPS) is 13.9. The summed E-state index contributed by atoms with van der Waals surface area (Å²) in [6.07, 6.45) is 4.27. The van der Waals surface area contributed by atoms with Crippen molar-refractivity contribution in [3.63, 3.8) is 0 Å². The van der Waals surface area contributed by atoms with Crippen LogP contribution in [-0.2, 0) is 36.8 Å². The van der Waals surface area contributed by atoms with Crippen molar-refractivity contribution >= 4 is 51.4 Å². The van der Waals surface area contributed by atoms with Gasteiger partial charge in [-0.1, -0.05) is 36.4 Å². The molecule has 0 spiro atoms. The van der Waals surface area contributed by atoms with Gasteiger partial charge in [0.25, 0.3) is 0 Å². The second kappa shape index (κ2) is 15.7. The summed E-state index contributed by atoms with van der Waals surface area (Å²) in [5.41, 5.74) is 19.7. The molecule has 14 nitrogen and oxygen atoms in total. The average Bonchev–Trinajstić information content (AvgIpc) is 3.63. The highest BCUT2D eigenvalue weighted by molar-refractivity contribution is 5.96. The number of para-hydroxylation sites is 2. The molecule has 46 heavy (non-hydrogen) atoms.